The van der Waals surface area contributed by atoms with Crippen LogP contribution in [0.15, 0.2) is 0 Å². The zero-order chi connectivity index (χ0) is 11.7. The fraction of sp³-hybridized carbons (Fsp3) is 0.917. The normalized spacial score (nSPS) is 10.5. The Morgan fingerprint density at radius 2 is 1.93 bits per heavy atom. The molecule has 90 valence electrons. The maximum absolute atomic E-state index is 11.6. The van der Waals surface area contributed by atoms with Crippen LogP contribution in [-0.4, -0.2) is 30.7 Å². The highest BCUT2D eigenvalue weighted by Gasteiger charge is 2.14. The lowest BCUT2D eigenvalue weighted by atomic mass is 10.2. The van der Waals surface area contributed by atoms with E-state index in [0.29, 0.717) is 12.5 Å². The average Bonchev–Trinajstić information content (AvgIpc) is 2.20. The highest BCUT2D eigenvalue weighted by Crippen LogP contribution is 2.04. The van der Waals surface area contributed by atoms with Gasteiger partial charge in [-0.25, -0.2) is 4.79 Å². The number of amides is 1. The average molecular weight is 215 g/mol. The Morgan fingerprint density at radius 3 is 2.40 bits per heavy atom. The molecule has 1 amide bonds. The summed E-state index contributed by atoms with van der Waals surface area (Å²) >= 11 is 0. The van der Waals surface area contributed by atoms with Crippen molar-refractivity contribution in [1.82, 2.24) is 4.90 Å². The Kier molecular flexibility index (Phi) is 8.15. The molecule has 0 aliphatic heterocycles. The van der Waals surface area contributed by atoms with Gasteiger partial charge >= 0.3 is 6.09 Å². The van der Waals surface area contributed by atoms with Crippen LogP contribution < -0.4 is 0 Å². The number of hydrogen-bond acceptors (Lipinski definition) is 2. The van der Waals surface area contributed by atoms with Gasteiger partial charge in [-0.3, -0.25) is 0 Å². The van der Waals surface area contributed by atoms with Crippen molar-refractivity contribution in [2.45, 2.75) is 47.0 Å². The zero-order valence-corrected chi connectivity index (χ0v) is 10.6. The Hall–Kier alpha value is -0.730. The van der Waals surface area contributed by atoms with Crippen molar-refractivity contribution in [3.8, 4) is 0 Å². The molecule has 0 unspecified atom stereocenters. The first kappa shape index (κ1) is 14.3. The van der Waals surface area contributed by atoms with Crippen LogP contribution in [0, 0.1) is 5.92 Å². The first-order valence-electron chi connectivity index (χ1n) is 6.03. The Morgan fingerprint density at radius 1 is 1.27 bits per heavy atom. The number of carbonyl (C=O) groups is 1. The van der Waals surface area contributed by atoms with Crippen molar-refractivity contribution in [2.24, 2.45) is 5.92 Å². The third-order valence-corrected chi connectivity index (χ3v) is 2.05. The number of carbonyl (C=O) groups excluding carboxylic acids is 1. The van der Waals surface area contributed by atoms with E-state index in [4.69, 9.17) is 4.74 Å². The summed E-state index contributed by atoms with van der Waals surface area (Å²) < 4.78 is 5.14. The molecular formula is C12H25NO2. The van der Waals surface area contributed by atoms with Gasteiger partial charge in [0.25, 0.3) is 0 Å². The van der Waals surface area contributed by atoms with Gasteiger partial charge in [0.05, 0.1) is 6.61 Å². The number of unbranched alkanes of at least 4 members (excludes halogenated alkanes) is 1. The minimum absolute atomic E-state index is 0.154. The van der Waals surface area contributed by atoms with Crippen LogP contribution in [0.2, 0.25) is 0 Å². The van der Waals surface area contributed by atoms with Crippen LogP contribution in [0.5, 0.6) is 0 Å². The molecule has 0 aromatic rings. The number of nitrogens with zero attached hydrogens (tertiary/aromatic N) is 1. The zero-order valence-electron chi connectivity index (χ0n) is 10.6. The number of rotatable bonds is 7. The summed E-state index contributed by atoms with van der Waals surface area (Å²) in [7, 11) is 0. The minimum Gasteiger partial charge on any atom is -0.449 e. The largest absolute Gasteiger partial charge is 0.449 e. The predicted octanol–water partition coefficient (Wildman–Crippen LogP) is 3.29. The lowest BCUT2D eigenvalue weighted by Crippen LogP contribution is -2.35. The third-order valence-electron chi connectivity index (χ3n) is 2.05. The summed E-state index contributed by atoms with van der Waals surface area (Å²) in [5.74, 6) is 0.496. The molecular weight excluding hydrogens is 190 g/mol. The second kappa shape index (κ2) is 8.57. The molecule has 3 heteroatoms. The molecule has 0 N–H and O–H groups in total. The molecule has 0 heterocycles. The van der Waals surface area contributed by atoms with Crippen LogP contribution in [-0.2, 0) is 4.74 Å². The fourth-order valence-electron chi connectivity index (χ4n) is 1.33. The molecule has 3 nitrogen and oxygen atoms in total. The Bertz CT molecular complexity index is 169. The van der Waals surface area contributed by atoms with Crippen molar-refractivity contribution in [1.29, 1.82) is 0 Å². The summed E-state index contributed by atoms with van der Waals surface area (Å²) in [5, 5.41) is 0. The quantitative estimate of drug-likeness (QED) is 0.652. The van der Waals surface area contributed by atoms with Gasteiger partial charge in [-0.15, -0.1) is 0 Å². The van der Waals surface area contributed by atoms with Gasteiger partial charge in [0.15, 0.2) is 0 Å². The summed E-state index contributed by atoms with van der Waals surface area (Å²) in [4.78, 5) is 13.5. The van der Waals surface area contributed by atoms with Gasteiger partial charge < -0.3 is 9.64 Å². The van der Waals surface area contributed by atoms with Gasteiger partial charge in [-0.1, -0.05) is 34.1 Å². The van der Waals surface area contributed by atoms with Crippen LogP contribution in [0.25, 0.3) is 0 Å². The van der Waals surface area contributed by atoms with Crippen molar-refractivity contribution in [3.05, 3.63) is 0 Å². The molecule has 0 aliphatic rings. The van der Waals surface area contributed by atoms with Crippen LogP contribution in [0.3, 0.4) is 0 Å². The fourth-order valence-corrected chi connectivity index (χ4v) is 1.33. The first-order chi connectivity index (χ1) is 7.11. The van der Waals surface area contributed by atoms with Gasteiger partial charge in [-0.2, -0.15) is 0 Å². The Balaban J connectivity index is 4.02. The van der Waals surface area contributed by atoms with Crippen LogP contribution in [0.1, 0.15) is 47.0 Å². The van der Waals surface area contributed by atoms with Crippen molar-refractivity contribution >= 4 is 6.09 Å². The topological polar surface area (TPSA) is 29.5 Å². The van der Waals surface area contributed by atoms with E-state index in [-0.39, 0.29) is 6.09 Å². The van der Waals surface area contributed by atoms with E-state index >= 15 is 0 Å². The third kappa shape index (κ3) is 7.23. The highest BCUT2D eigenvalue weighted by atomic mass is 16.6. The second-order valence-electron chi connectivity index (χ2n) is 4.31. The van der Waals surface area contributed by atoms with Crippen molar-refractivity contribution in [2.75, 3.05) is 19.7 Å². The predicted molar refractivity (Wildman–Crippen MR) is 63.0 cm³/mol. The second-order valence-corrected chi connectivity index (χ2v) is 4.31. The molecule has 0 saturated carbocycles. The van der Waals surface area contributed by atoms with E-state index < -0.39 is 0 Å². The van der Waals surface area contributed by atoms with E-state index in [0.717, 1.165) is 32.4 Å². The summed E-state index contributed by atoms with van der Waals surface area (Å²) in [6.07, 6.45) is 2.89. The molecule has 0 aromatic carbocycles. The van der Waals surface area contributed by atoms with E-state index in [1.165, 1.54) is 0 Å². The van der Waals surface area contributed by atoms with Gasteiger partial charge in [0.1, 0.15) is 0 Å². The molecule has 0 aromatic heterocycles. The maximum atomic E-state index is 11.6. The monoisotopic (exact) mass is 215 g/mol. The van der Waals surface area contributed by atoms with Crippen LogP contribution >= 0.6 is 0 Å². The summed E-state index contributed by atoms with van der Waals surface area (Å²) in [6, 6.07) is 0. The summed E-state index contributed by atoms with van der Waals surface area (Å²) in [6.45, 7) is 10.5. The van der Waals surface area contributed by atoms with Crippen molar-refractivity contribution in [3.63, 3.8) is 0 Å². The highest BCUT2D eigenvalue weighted by molar-refractivity contribution is 5.67. The summed E-state index contributed by atoms with van der Waals surface area (Å²) in [5.41, 5.74) is 0. The molecule has 0 saturated heterocycles. The van der Waals surface area contributed by atoms with Gasteiger partial charge in [0, 0.05) is 13.1 Å². The number of ether oxygens (including phenoxy) is 1. The molecule has 0 radical (unpaired) electrons. The Labute approximate surface area is 93.8 Å². The number of hydrogen-bond donors (Lipinski definition) is 0. The molecule has 15 heavy (non-hydrogen) atoms. The van der Waals surface area contributed by atoms with Gasteiger partial charge in [-0.05, 0) is 18.8 Å². The lowest BCUT2D eigenvalue weighted by molar-refractivity contribution is 0.0974. The van der Waals surface area contributed by atoms with E-state index in [2.05, 4.69) is 20.8 Å². The molecule has 0 spiro atoms. The lowest BCUT2D eigenvalue weighted by Gasteiger charge is -2.23. The molecule has 0 rings (SSSR count). The van der Waals surface area contributed by atoms with Crippen LogP contribution in [0.4, 0.5) is 4.79 Å². The molecule has 0 fully saturated rings. The molecule has 0 atom stereocenters. The standard InChI is InChI=1S/C12H25NO2/c1-5-7-8-13(10-11(3)4)12(14)15-9-6-2/h11H,5-10H2,1-4H3. The van der Waals surface area contributed by atoms with E-state index in [1.807, 2.05) is 11.8 Å². The van der Waals surface area contributed by atoms with E-state index in [9.17, 15) is 4.79 Å². The SMILES string of the molecule is CCCCN(CC(C)C)C(=O)OCCC. The maximum Gasteiger partial charge on any atom is 0.409 e. The van der Waals surface area contributed by atoms with Gasteiger partial charge in [0.2, 0.25) is 0 Å². The van der Waals surface area contributed by atoms with E-state index in [1.54, 1.807) is 0 Å². The molecule has 0 aliphatic carbocycles. The minimum atomic E-state index is -0.154. The van der Waals surface area contributed by atoms with Crippen molar-refractivity contribution < 1.29 is 9.53 Å². The first-order valence-corrected chi connectivity index (χ1v) is 6.03. The molecule has 0 bridgehead atoms. The smallest absolute Gasteiger partial charge is 0.409 e.